The average Bonchev–Trinajstić information content (AvgIpc) is 2.74. The number of urea groups is 1. The van der Waals surface area contributed by atoms with E-state index >= 15 is 0 Å². The Hall–Kier alpha value is -3.35. The van der Waals surface area contributed by atoms with Crippen molar-refractivity contribution in [2.75, 3.05) is 21.2 Å². The van der Waals surface area contributed by atoms with E-state index in [0.717, 1.165) is 9.80 Å². The van der Waals surface area contributed by atoms with Crippen molar-refractivity contribution in [2.45, 2.75) is 12.5 Å². The second-order valence-corrected chi connectivity index (χ2v) is 7.02. The van der Waals surface area contributed by atoms with Gasteiger partial charge >= 0.3 is 6.03 Å². The predicted octanol–water partition coefficient (Wildman–Crippen LogP) is 2.41. The summed E-state index contributed by atoms with van der Waals surface area (Å²) in [5.74, 6) is -0.0973. The third kappa shape index (κ3) is 2.32. The number of ether oxygens (including phenoxy) is 2. The molecular weight excluding hydrogens is 360 g/mol. The van der Waals surface area contributed by atoms with E-state index in [1.54, 1.807) is 18.2 Å². The summed E-state index contributed by atoms with van der Waals surface area (Å²) in [5, 5.41) is 0. The second-order valence-electron chi connectivity index (χ2n) is 7.02. The van der Waals surface area contributed by atoms with Gasteiger partial charge in [-0.2, -0.15) is 0 Å². The molecule has 1 saturated heterocycles. The number of carbonyl (C=O) groups is 3. The number of imide groups is 2. The van der Waals surface area contributed by atoms with Gasteiger partial charge in [0.2, 0.25) is 0 Å². The molecule has 4 amide bonds. The van der Waals surface area contributed by atoms with Crippen molar-refractivity contribution in [1.29, 1.82) is 0 Å². The van der Waals surface area contributed by atoms with Crippen LogP contribution in [0.1, 0.15) is 17.2 Å². The Balaban J connectivity index is 1.96. The van der Waals surface area contributed by atoms with Gasteiger partial charge in [0, 0.05) is 20.5 Å². The molecule has 1 spiro atoms. The van der Waals surface area contributed by atoms with Gasteiger partial charge in [-0.3, -0.25) is 19.4 Å². The molecule has 144 valence electrons. The van der Waals surface area contributed by atoms with Gasteiger partial charge < -0.3 is 9.47 Å². The first-order chi connectivity index (χ1) is 13.4. The summed E-state index contributed by atoms with van der Waals surface area (Å²) in [6, 6.07) is 13.8. The van der Waals surface area contributed by atoms with E-state index in [1.165, 1.54) is 21.2 Å². The third-order valence-corrected chi connectivity index (χ3v) is 5.48. The Morgan fingerprint density at radius 1 is 0.964 bits per heavy atom. The van der Waals surface area contributed by atoms with E-state index < -0.39 is 29.4 Å². The first-order valence-corrected chi connectivity index (χ1v) is 8.89. The molecule has 2 aliphatic heterocycles. The topological polar surface area (TPSA) is 76.2 Å². The lowest BCUT2D eigenvalue weighted by atomic mass is 9.69. The van der Waals surface area contributed by atoms with Crippen LogP contribution < -0.4 is 9.47 Å². The van der Waals surface area contributed by atoms with Gasteiger partial charge in [0.05, 0.1) is 7.11 Å². The maximum atomic E-state index is 13.4. The van der Waals surface area contributed by atoms with E-state index in [2.05, 4.69) is 0 Å². The summed E-state index contributed by atoms with van der Waals surface area (Å²) in [5.41, 5.74) is -0.209. The van der Waals surface area contributed by atoms with Crippen LogP contribution in [-0.2, 0) is 16.0 Å². The standard InChI is InChI=1S/C21H20N2O5/c1-22-18(24)21(19(25)23(2)20(22)26)12-14-10-7-11-15(27-3)16(14)28-17(21)13-8-5-4-6-9-13/h4-11,17H,12H2,1-3H3/t17-/m0/s1. The summed E-state index contributed by atoms with van der Waals surface area (Å²) in [4.78, 5) is 41.0. The van der Waals surface area contributed by atoms with Crippen LogP contribution in [0.25, 0.3) is 0 Å². The van der Waals surface area contributed by atoms with Crippen LogP contribution in [0.3, 0.4) is 0 Å². The van der Waals surface area contributed by atoms with Gasteiger partial charge in [-0.05, 0) is 17.2 Å². The Bertz CT molecular complexity index is 948. The monoisotopic (exact) mass is 380 g/mol. The summed E-state index contributed by atoms with van der Waals surface area (Å²) in [7, 11) is 4.31. The van der Waals surface area contributed by atoms with Crippen LogP contribution in [0.15, 0.2) is 48.5 Å². The van der Waals surface area contributed by atoms with Crippen molar-refractivity contribution >= 4 is 17.8 Å². The van der Waals surface area contributed by atoms with Crippen molar-refractivity contribution in [2.24, 2.45) is 5.41 Å². The largest absolute Gasteiger partial charge is 0.493 e. The number of rotatable bonds is 2. The van der Waals surface area contributed by atoms with Gasteiger partial charge in [0.15, 0.2) is 16.9 Å². The summed E-state index contributed by atoms with van der Waals surface area (Å²) >= 11 is 0. The number of nitrogens with zero attached hydrogens (tertiary/aromatic N) is 2. The molecular formula is C21H20N2O5. The van der Waals surface area contributed by atoms with Crippen LogP contribution in [0.2, 0.25) is 0 Å². The van der Waals surface area contributed by atoms with Crippen LogP contribution >= 0.6 is 0 Å². The number of hydrogen-bond donors (Lipinski definition) is 0. The number of para-hydroxylation sites is 1. The molecule has 1 fully saturated rings. The highest BCUT2D eigenvalue weighted by Gasteiger charge is 2.63. The number of fused-ring (bicyclic) bond motifs is 1. The number of barbiturate groups is 1. The molecule has 2 heterocycles. The molecule has 0 aliphatic carbocycles. The summed E-state index contributed by atoms with van der Waals surface area (Å²) in [6.07, 6.45) is -0.783. The van der Waals surface area contributed by atoms with Gasteiger partial charge in [0.1, 0.15) is 6.10 Å². The zero-order valence-electron chi connectivity index (χ0n) is 15.8. The van der Waals surface area contributed by atoms with Crippen LogP contribution in [0, 0.1) is 5.41 Å². The fourth-order valence-corrected chi connectivity index (χ4v) is 4.05. The maximum Gasteiger partial charge on any atom is 0.332 e. The fraction of sp³-hybridized carbons (Fsp3) is 0.286. The van der Waals surface area contributed by atoms with E-state index in [0.29, 0.717) is 22.6 Å². The molecule has 0 bridgehead atoms. The van der Waals surface area contributed by atoms with Crippen LogP contribution in [0.4, 0.5) is 4.79 Å². The zero-order chi connectivity index (χ0) is 20.1. The van der Waals surface area contributed by atoms with Gasteiger partial charge in [-0.25, -0.2) is 4.79 Å². The van der Waals surface area contributed by atoms with Crippen LogP contribution in [-0.4, -0.2) is 48.9 Å². The molecule has 0 saturated carbocycles. The minimum atomic E-state index is -1.57. The first kappa shape index (κ1) is 18.0. The number of amides is 4. The lowest BCUT2D eigenvalue weighted by Gasteiger charge is -2.48. The fourth-order valence-electron chi connectivity index (χ4n) is 4.05. The highest BCUT2D eigenvalue weighted by Crippen LogP contribution is 2.52. The molecule has 0 aromatic heterocycles. The highest BCUT2D eigenvalue weighted by molar-refractivity contribution is 6.19. The SMILES string of the molecule is COc1cccc2c1O[C@@H](c1ccccc1)C1(C2)C(=O)N(C)C(=O)N(C)C1=O. The van der Waals surface area contributed by atoms with Crippen molar-refractivity contribution in [3.8, 4) is 11.5 Å². The molecule has 2 aliphatic rings. The maximum absolute atomic E-state index is 13.4. The first-order valence-electron chi connectivity index (χ1n) is 8.89. The molecule has 7 heteroatoms. The lowest BCUT2D eigenvalue weighted by Crippen LogP contribution is -2.67. The second kappa shape index (κ2) is 6.37. The summed E-state index contributed by atoms with van der Waals surface area (Å²) in [6.45, 7) is 0. The summed E-state index contributed by atoms with van der Waals surface area (Å²) < 4.78 is 11.7. The number of carbonyl (C=O) groups excluding carboxylic acids is 3. The predicted molar refractivity (Wildman–Crippen MR) is 99.9 cm³/mol. The minimum Gasteiger partial charge on any atom is -0.493 e. The van der Waals surface area contributed by atoms with Crippen molar-refractivity contribution in [3.63, 3.8) is 0 Å². The van der Waals surface area contributed by atoms with Crippen LogP contribution in [0.5, 0.6) is 11.5 Å². The van der Waals surface area contributed by atoms with Gasteiger partial charge in [-0.1, -0.05) is 42.5 Å². The lowest BCUT2D eigenvalue weighted by molar-refractivity contribution is -0.166. The number of methoxy groups -OCH3 is 1. The Morgan fingerprint density at radius 2 is 1.61 bits per heavy atom. The molecule has 7 nitrogen and oxygen atoms in total. The highest BCUT2D eigenvalue weighted by atomic mass is 16.5. The quantitative estimate of drug-likeness (QED) is 0.748. The normalized spacial score (nSPS) is 20.8. The molecule has 1 atom stereocenters. The average molecular weight is 380 g/mol. The molecule has 0 radical (unpaired) electrons. The number of hydrogen-bond acceptors (Lipinski definition) is 5. The smallest absolute Gasteiger partial charge is 0.332 e. The Morgan fingerprint density at radius 3 is 2.21 bits per heavy atom. The Labute approximate surface area is 162 Å². The van der Waals surface area contributed by atoms with Gasteiger partial charge in [-0.15, -0.1) is 0 Å². The zero-order valence-corrected chi connectivity index (χ0v) is 15.8. The molecule has 0 N–H and O–H groups in total. The molecule has 2 aromatic carbocycles. The van der Waals surface area contributed by atoms with Crippen molar-refractivity contribution in [3.05, 3.63) is 59.7 Å². The van der Waals surface area contributed by atoms with E-state index in [4.69, 9.17) is 9.47 Å². The molecule has 0 unspecified atom stereocenters. The van der Waals surface area contributed by atoms with E-state index in [9.17, 15) is 14.4 Å². The van der Waals surface area contributed by atoms with E-state index in [-0.39, 0.29) is 6.42 Å². The number of benzene rings is 2. The molecule has 4 rings (SSSR count). The molecule has 2 aromatic rings. The van der Waals surface area contributed by atoms with Crippen molar-refractivity contribution < 1.29 is 23.9 Å². The van der Waals surface area contributed by atoms with Gasteiger partial charge in [0.25, 0.3) is 11.8 Å². The van der Waals surface area contributed by atoms with E-state index in [1.807, 2.05) is 30.3 Å². The van der Waals surface area contributed by atoms with Crippen molar-refractivity contribution in [1.82, 2.24) is 9.80 Å². The third-order valence-electron chi connectivity index (χ3n) is 5.48. The molecule has 28 heavy (non-hydrogen) atoms. The Kier molecular flexibility index (Phi) is 4.10. The minimum absolute atomic E-state index is 0.110.